The van der Waals surface area contributed by atoms with Crippen molar-refractivity contribution in [2.24, 2.45) is 0 Å². The number of nitrogens with one attached hydrogen (secondary N) is 2. The fourth-order valence-corrected chi connectivity index (χ4v) is 4.59. The molecule has 0 aliphatic rings. The van der Waals surface area contributed by atoms with Crippen LogP contribution in [-0.2, 0) is 21.2 Å². The summed E-state index contributed by atoms with van der Waals surface area (Å²) in [6.45, 7) is 3.81. The van der Waals surface area contributed by atoms with Gasteiger partial charge in [-0.05, 0) is 61.2 Å². The number of hydrogen-bond acceptors (Lipinski definition) is 3. The number of benzene rings is 3. The molecular formula is C23H23BrN2O3S. The Morgan fingerprint density at radius 3 is 2.10 bits per heavy atom. The second-order valence-corrected chi connectivity index (χ2v) is 9.70. The molecular weight excluding hydrogens is 464 g/mol. The van der Waals surface area contributed by atoms with Crippen molar-refractivity contribution in [3.63, 3.8) is 0 Å². The highest BCUT2D eigenvalue weighted by molar-refractivity contribution is 9.10. The number of hydrogen-bond donors (Lipinski definition) is 2. The first-order valence-electron chi connectivity index (χ1n) is 9.45. The van der Waals surface area contributed by atoms with Crippen molar-refractivity contribution in [1.29, 1.82) is 0 Å². The van der Waals surface area contributed by atoms with Crippen LogP contribution in [0.1, 0.15) is 16.7 Å². The zero-order valence-corrected chi connectivity index (χ0v) is 19.1. The lowest BCUT2D eigenvalue weighted by Gasteiger charge is -2.20. The van der Waals surface area contributed by atoms with Gasteiger partial charge in [0.25, 0.3) is 0 Å². The maximum absolute atomic E-state index is 13.1. The summed E-state index contributed by atoms with van der Waals surface area (Å²) in [5, 5.41) is 2.91. The SMILES string of the molecule is Cc1cccc(C)c1NC(=O)[C@@H](Cc1ccccc1)NS(=O)(=O)c1ccc(Br)cc1. The van der Waals surface area contributed by atoms with Crippen LogP contribution in [0.25, 0.3) is 0 Å². The highest BCUT2D eigenvalue weighted by Crippen LogP contribution is 2.21. The van der Waals surface area contributed by atoms with Crippen LogP contribution in [-0.4, -0.2) is 20.4 Å². The highest BCUT2D eigenvalue weighted by Gasteiger charge is 2.26. The van der Waals surface area contributed by atoms with Gasteiger partial charge in [0.2, 0.25) is 15.9 Å². The number of amides is 1. The van der Waals surface area contributed by atoms with E-state index in [0.29, 0.717) is 5.69 Å². The summed E-state index contributed by atoms with van der Waals surface area (Å²) in [5.41, 5.74) is 3.39. The van der Waals surface area contributed by atoms with Gasteiger partial charge in [-0.25, -0.2) is 8.42 Å². The van der Waals surface area contributed by atoms with Gasteiger partial charge in [0.05, 0.1) is 4.90 Å². The van der Waals surface area contributed by atoms with Crippen LogP contribution in [0.4, 0.5) is 5.69 Å². The summed E-state index contributed by atoms with van der Waals surface area (Å²) in [6.07, 6.45) is 0.230. The quantitative estimate of drug-likeness (QED) is 0.512. The van der Waals surface area contributed by atoms with Gasteiger partial charge in [0.15, 0.2) is 0 Å². The Morgan fingerprint density at radius 2 is 1.50 bits per heavy atom. The molecule has 0 fully saturated rings. The van der Waals surface area contributed by atoms with E-state index in [1.165, 1.54) is 12.1 Å². The van der Waals surface area contributed by atoms with Gasteiger partial charge in [-0.1, -0.05) is 64.5 Å². The zero-order chi connectivity index (χ0) is 21.7. The lowest BCUT2D eigenvalue weighted by molar-refractivity contribution is -0.117. The third-order valence-electron chi connectivity index (χ3n) is 4.75. The minimum absolute atomic E-state index is 0.101. The van der Waals surface area contributed by atoms with Gasteiger partial charge < -0.3 is 5.32 Å². The summed E-state index contributed by atoms with van der Waals surface area (Å²) in [4.78, 5) is 13.2. The average Bonchev–Trinajstić information content (AvgIpc) is 2.71. The molecule has 3 aromatic carbocycles. The smallest absolute Gasteiger partial charge is 0.242 e. The van der Waals surface area contributed by atoms with Crippen molar-refractivity contribution in [2.45, 2.75) is 31.2 Å². The molecule has 7 heteroatoms. The van der Waals surface area contributed by atoms with Gasteiger partial charge in [0.1, 0.15) is 6.04 Å². The normalized spacial score (nSPS) is 12.4. The maximum atomic E-state index is 13.1. The third kappa shape index (κ3) is 5.56. The Kier molecular flexibility index (Phi) is 7.07. The Morgan fingerprint density at radius 1 is 0.900 bits per heavy atom. The maximum Gasteiger partial charge on any atom is 0.242 e. The number of anilines is 1. The number of sulfonamides is 1. The second-order valence-electron chi connectivity index (χ2n) is 7.07. The van der Waals surface area contributed by atoms with E-state index in [9.17, 15) is 13.2 Å². The first-order chi connectivity index (χ1) is 14.3. The Bertz CT molecular complexity index is 1110. The molecule has 2 N–H and O–H groups in total. The average molecular weight is 487 g/mol. The van der Waals surface area contributed by atoms with Crippen LogP contribution in [0.2, 0.25) is 0 Å². The predicted molar refractivity (Wildman–Crippen MR) is 123 cm³/mol. The third-order valence-corrected chi connectivity index (χ3v) is 6.77. The van der Waals surface area contributed by atoms with Gasteiger partial charge >= 0.3 is 0 Å². The van der Waals surface area contributed by atoms with E-state index in [-0.39, 0.29) is 11.3 Å². The molecule has 30 heavy (non-hydrogen) atoms. The van der Waals surface area contributed by atoms with Crippen molar-refractivity contribution in [3.05, 3.63) is 94.0 Å². The summed E-state index contributed by atoms with van der Waals surface area (Å²) in [7, 11) is -3.89. The molecule has 3 aromatic rings. The van der Waals surface area contributed by atoms with Crippen LogP contribution in [0.15, 0.2) is 82.2 Å². The van der Waals surface area contributed by atoms with E-state index in [1.54, 1.807) is 12.1 Å². The lowest BCUT2D eigenvalue weighted by atomic mass is 10.0. The molecule has 0 aliphatic carbocycles. The van der Waals surface area contributed by atoms with Crippen molar-refractivity contribution in [2.75, 3.05) is 5.32 Å². The minimum atomic E-state index is -3.89. The number of carbonyl (C=O) groups is 1. The molecule has 0 aromatic heterocycles. The zero-order valence-electron chi connectivity index (χ0n) is 16.7. The molecule has 0 radical (unpaired) electrons. The molecule has 3 rings (SSSR count). The fourth-order valence-electron chi connectivity index (χ4n) is 3.13. The second kappa shape index (κ2) is 9.55. The molecule has 1 amide bonds. The molecule has 0 bridgehead atoms. The van der Waals surface area contributed by atoms with Crippen LogP contribution in [0, 0.1) is 13.8 Å². The molecule has 0 heterocycles. The van der Waals surface area contributed by atoms with E-state index in [0.717, 1.165) is 21.2 Å². The molecule has 0 spiro atoms. The van der Waals surface area contributed by atoms with Crippen LogP contribution >= 0.6 is 15.9 Å². The largest absolute Gasteiger partial charge is 0.324 e. The van der Waals surface area contributed by atoms with E-state index in [2.05, 4.69) is 26.0 Å². The standard InChI is InChI=1S/C23H23BrN2O3S/c1-16-7-6-8-17(2)22(16)25-23(27)21(15-18-9-4-3-5-10-18)26-30(28,29)20-13-11-19(24)12-14-20/h3-14,21,26H,15H2,1-2H3,(H,25,27)/t21-/m1/s1. The first-order valence-corrected chi connectivity index (χ1v) is 11.7. The number of rotatable bonds is 7. The van der Waals surface area contributed by atoms with Crippen molar-refractivity contribution in [1.82, 2.24) is 4.72 Å². The topological polar surface area (TPSA) is 75.3 Å². The van der Waals surface area contributed by atoms with Gasteiger partial charge in [0, 0.05) is 10.2 Å². The summed E-state index contributed by atoms with van der Waals surface area (Å²) in [5.74, 6) is -0.406. The monoisotopic (exact) mass is 486 g/mol. The van der Waals surface area contributed by atoms with Crippen LogP contribution in [0.3, 0.4) is 0 Å². The van der Waals surface area contributed by atoms with Gasteiger partial charge in [-0.2, -0.15) is 4.72 Å². The molecule has 1 atom stereocenters. The molecule has 0 saturated heterocycles. The molecule has 0 unspecified atom stereocenters. The summed E-state index contributed by atoms with van der Waals surface area (Å²) in [6, 6.07) is 20.4. The summed E-state index contributed by atoms with van der Waals surface area (Å²) >= 11 is 3.30. The lowest BCUT2D eigenvalue weighted by Crippen LogP contribution is -2.45. The highest BCUT2D eigenvalue weighted by atomic mass is 79.9. The van der Waals surface area contributed by atoms with E-state index in [1.807, 2.05) is 62.4 Å². The van der Waals surface area contributed by atoms with E-state index < -0.39 is 22.0 Å². The molecule has 156 valence electrons. The minimum Gasteiger partial charge on any atom is -0.324 e. The van der Waals surface area contributed by atoms with Crippen molar-refractivity contribution < 1.29 is 13.2 Å². The van der Waals surface area contributed by atoms with Crippen molar-refractivity contribution in [3.8, 4) is 0 Å². The summed E-state index contributed by atoms with van der Waals surface area (Å²) < 4.78 is 29.2. The number of carbonyl (C=O) groups excluding carboxylic acids is 1. The molecule has 0 saturated carbocycles. The number of halogens is 1. The number of para-hydroxylation sites is 1. The Labute approximate surface area is 185 Å². The molecule has 0 aliphatic heterocycles. The van der Waals surface area contributed by atoms with Crippen LogP contribution < -0.4 is 10.0 Å². The Hall–Kier alpha value is -2.48. The number of aryl methyl sites for hydroxylation is 2. The molecule has 5 nitrogen and oxygen atoms in total. The fraction of sp³-hybridized carbons (Fsp3) is 0.174. The predicted octanol–water partition coefficient (Wildman–Crippen LogP) is 4.59. The Balaban J connectivity index is 1.90. The van der Waals surface area contributed by atoms with E-state index in [4.69, 9.17) is 0 Å². The van der Waals surface area contributed by atoms with Gasteiger partial charge in [-0.15, -0.1) is 0 Å². The van der Waals surface area contributed by atoms with E-state index >= 15 is 0 Å². The first kappa shape index (κ1) is 22.2. The van der Waals surface area contributed by atoms with Gasteiger partial charge in [-0.3, -0.25) is 4.79 Å². The van der Waals surface area contributed by atoms with Crippen LogP contribution in [0.5, 0.6) is 0 Å². The van der Waals surface area contributed by atoms with Crippen molar-refractivity contribution >= 4 is 37.5 Å².